The second kappa shape index (κ2) is 6.72. The molecule has 6 heteroatoms. The summed E-state index contributed by atoms with van der Waals surface area (Å²) >= 11 is 0. The van der Waals surface area contributed by atoms with Gasteiger partial charge in [0.2, 0.25) is 0 Å². The third kappa shape index (κ3) is 4.10. The van der Waals surface area contributed by atoms with Crippen LogP contribution < -0.4 is 10.1 Å². The number of aliphatic imine (C=N–C) groups is 1. The average Bonchev–Trinajstić information content (AvgIpc) is 2.46. The Morgan fingerprint density at radius 2 is 2.15 bits per heavy atom. The summed E-state index contributed by atoms with van der Waals surface area (Å²) in [6.45, 7) is 0.532. The average molecular weight is 276 g/mol. The molecule has 1 aromatic carbocycles. The number of benzene rings is 1. The number of ether oxygens (including phenoxy) is 2. The summed E-state index contributed by atoms with van der Waals surface area (Å²) in [5.74, 6) is -0.172. The minimum absolute atomic E-state index is 0.245. The number of rotatable bonds is 5. The Kier molecular flexibility index (Phi) is 4.73. The molecule has 0 radical (unpaired) electrons. The predicted octanol–water partition coefficient (Wildman–Crippen LogP) is 1.55. The first-order valence-electron chi connectivity index (χ1n) is 6.12. The van der Waals surface area contributed by atoms with Crippen LogP contribution in [0.2, 0.25) is 0 Å². The number of aliphatic carboxylic acids is 1. The van der Waals surface area contributed by atoms with Crippen LogP contribution in [0.3, 0.4) is 0 Å². The van der Waals surface area contributed by atoms with E-state index in [4.69, 9.17) is 14.6 Å². The van der Waals surface area contributed by atoms with Crippen LogP contribution in [0.15, 0.2) is 41.0 Å². The Morgan fingerprint density at radius 3 is 2.80 bits per heavy atom. The second-order valence-electron chi connectivity index (χ2n) is 4.22. The molecule has 106 valence electrons. The van der Waals surface area contributed by atoms with Crippen LogP contribution in [0.4, 0.5) is 5.69 Å². The van der Waals surface area contributed by atoms with Gasteiger partial charge in [-0.1, -0.05) is 0 Å². The van der Waals surface area contributed by atoms with Gasteiger partial charge in [-0.15, -0.1) is 0 Å². The molecule has 0 aromatic heterocycles. The lowest BCUT2D eigenvalue weighted by Gasteiger charge is -2.17. The normalized spacial score (nSPS) is 16.6. The molecule has 0 unspecified atom stereocenters. The van der Waals surface area contributed by atoms with E-state index in [1.165, 1.54) is 0 Å². The lowest BCUT2D eigenvalue weighted by atomic mass is 10.2. The molecule has 1 aromatic rings. The third-order valence-electron chi connectivity index (χ3n) is 2.66. The van der Waals surface area contributed by atoms with E-state index < -0.39 is 5.97 Å². The zero-order chi connectivity index (χ0) is 14.4. The van der Waals surface area contributed by atoms with Crippen molar-refractivity contribution in [2.45, 2.75) is 0 Å². The summed E-state index contributed by atoms with van der Waals surface area (Å²) in [7, 11) is 1.62. The van der Waals surface area contributed by atoms with Gasteiger partial charge in [-0.25, -0.2) is 0 Å². The molecule has 0 atom stereocenters. The topological polar surface area (TPSA) is 80.2 Å². The van der Waals surface area contributed by atoms with Crippen LogP contribution in [0.1, 0.15) is 0 Å². The maximum absolute atomic E-state index is 10.5. The lowest BCUT2D eigenvalue weighted by Crippen LogP contribution is -2.21. The first-order valence-corrected chi connectivity index (χ1v) is 6.12. The zero-order valence-electron chi connectivity index (χ0n) is 11.1. The highest BCUT2D eigenvalue weighted by atomic mass is 16.5. The smallest absolute Gasteiger partial charge is 0.325 e. The van der Waals surface area contributed by atoms with Crippen LogP contribution in [-0.2, 0) is 9.53 Å². The molecule has 1 aliphatic rings. The first-order chi connectivity index (χ1) is 9.67. The summed E-state index contributed by atoms with van der Waals surface area (Å²) in [6, 6.07) is 7.49. The van der Waals surface area contributed by atoms with E-state index >= 15 is 0 Å². The SMILES string of the molecule is COc1ccc(NC2=CC(=NCC(=O)O)COC2)cc1. The Morgan fingerprint density at radius 1 is 1.40 bits per heavy atom. The van der Waals surface area contributed by atoms with Gasteiger partial charge in [0.1, 0.15) is 12.3 Å². The Hall–Kier alpha value is -2.34. The summed E-state index contributed by atoms with van der Waals surface area (Å²) in [5, 5.41) is 11.8. The van der Waals surface area contributed by atoms with Gasteiger partial charge in [-0.3, -0.25) is 9.79 Å². The Balaban J connectivity index is 2.03. The number of anilines is 1. The van der Waals surface area contributed by atoms with Crippen molar-refractivity contribution >= 4 is 17.4 Å². The monoisotopic (exact) mass is 276 g/mol. The number of hydrogen-bond donors (Lipinski definition) is 2. The van der Waals surface area contributed by atoms with Crippen molar-refractivity contribution in [3.8, 4) is 5.75 Å². The van der Waals surface area contributed by atoms with Crippen molar-refractivity contribution in [3.63, 3.8) is 0 Å². The largest absolute Gasteiger partial charge is 0.497 e. The summed E-state index contributed by atoms with van der Waals surface area (Å²) in [4.78, 5) is 14.4. The maximum Gasteiger partial charge on any atom is 0.325 e. The molecule has 0 spiro atoms. The highest BCUT2D eigenvalue weighted by molar-refractivity contribution is 5.98. The van der Waals surface area contributed by atoms with Crippen molar-refractivity contribution in [1.29, 1.82) is 0 Å². The molecule has 1 heterocycles. The highest BCUT2D eigenvalue weighted by Gasteiger charge is 2.09. The van der Waals surface area contributed by atoms with E-state index in [0.29, 0.717) is 18.9 Å². The fraction of sp³-hybridized carbons (Fsp3) is 0.286. The first kappa shape index (κ1) is 14.1. The molecular weight excluding hydrogens is 260 g/mol. The van der Waals surface area contributed by atoms with E-state index in [-0.39, 0.29) is 6.54 Å². The van der Waals surface area contributed by atoms with Gasteiger partial charge in [0.05, 0.1) is 26.0 Å². The maximum atomic E-state index is 10.5. The van der Waals surface area contributed by atoms with Crippen LogP contribution in [0.5, 0.6) is 5.75 Å². The van der Waals surface area contributed by atoms with Crippen molar-refractivity contribution in [2.75, 3.05) is 32.2 Å². The number of nitrogens with zero attached hydrogens (tertiary/aromatic N) is 1. The van der Waals surface area contributed by atoms with Crippen LogP contribution in [0, 0.1) is 0 Å². The van der Waals surface area contributed by atoms with Crippen LogP contribution in [0.25, 0.3) is 0 Å². The quantitative estimate of drug-likeness (QED) is 0.852. The minimum Gasteiger partial charge on any atom is -0.497 e. The molecule has 0 saturated carbocycles. The predicted molar refractivity (Wildman–Crippen MR) is 75.5 cm³/mol. The van der Waals surface area contributed by atoms with Crippen molar-refractivity contribution in [1.82, 2.24) is 0 Å². The van der Waals surface area contributed by atoms with Gasteiger partial charge < -0.3 is 19.9 Å². The van der Waals surface area contributed by atoms with Crippen LogP contribution in [-0.4, -0.2) is 43.7 Å². The molecule has 1 aliphatic heterocycles. The molecule has 2 rings (SSSR count). The number of methoxy groups -OCH3 is 1. The zero-order valence-corrected chi connectivity index (χ0v) is 11.1. The fourth-order valence-corrected chi connectivity index (χ4v) is 1.74. The van der Waals surface area contributed by atoms with Crippen molar-refractivity contribution < 1.29 is 19.4 Å². The van der Waals surface area contributed by atoms with E-state index in [0.717, 1.165) is 17.1 Å². The van der Waals surface area contributed by atoms with E-state index in [1.807, 2.05) is 30.3 Å². The molecule has 0 fully saturated rings. The van der Waals surface area contributed by atoms with Gasteiger partial charge in [0, 0.05) is 11.4 Å². The van der Waals surface area contributed by atoms with Crippen molar-refractivity contribution in [2.24, 2.45) is 4.99 Å². The minimum atomic E-state index is -0.957. The van der Waals surface area contributed by atoms with Gasteiger partial charge in [0.25, 0.3) is 0 Å². The van der Waals surface area contributed by atoms with Gasteiger partial charge >= 0.3 is 5.97 Å². The molecule has 2 N–H and O–H groups in total. The third-order valence-corrected chi connectivity index (χ3v) is 2.66. The second-order valence-corrected chi connectivity index (χ2v) is 4.22. The van der Waals surface area contributed by atoms with Gasteiger partial charge in [-0.05, 0) is 30.3 Å². The molecule has 0 saturated heterocycles. The van der Waals surface area contributed by atoms with E-state index in [2.05, 4.69) is 10.3 Å². The molecule has 0 bridgehead atoms. The Labute approximate surface area is 116 Å². The molecule has 20 heavy (non-hydrogen) atoms. The molecule has 6 nitrogen and oxygen atoms in total. The van der Waals surface area contributed by atoms with E-state index in [9.17, 15) is 4.79 Å². The number of carbonyl (C=O) groups is 1. The highest BCUT2D eigenvalue weighted by Crippen LogP contribution is 2.17. The molecule has 0 amide bonds. The van der Waals surface area contributed by atoms with Gasteiger partial charge in [0.15, 0.2) is 0 Å². The van der Waals surface area contributed by atoms with E-state index in [1.54, 1.807) is 7.11 Å². The Bertz CT molecular complexity index is 535. The fourth-order valence-electron chi connectivity index (χ4n) is 1.74. The number of nitrogens with one attached hydrogen (secondary N) is 1. The van der Waals surface area contributed by atoms with Crippen molar-refractivity contribution in [3.05, 3.63) is 36.0 Å². The lowest BCUT2D eigenvalue weighted by molar-refractivity contribution is -0.135. The number of carboxylic acids is 1. The molecular formula is C14H16N2O4. The number of carboxylic acid groups (broad SMARTS) is 1. The summed E-state index contributed by atoms with van der Waals surface area (Å²) in [6.07, 6.45) is 1.82. The number of hydrogen-bond acceptors (Lipinski definition) is 5. The molecule has 0 aliphatic carbocycles. The summed E-state index contributed by atoms with van der Waals surface area (Å²) < 4.78 is 10.5. The standard InChI is InChI=1S/C14H16N2O4/c1-19-13-4-2-10(3-5-13)16-12-6-11(8-20-9-12)15-7-14(17)18/h2-6,16H,7-9H2,1H3,(H,17,18). The van der Waals surface area contributed by atoms with Gasteiger partial charge in [-0.2, -0.15) is 0 Å². The van der Waals surface area contributed by atoms with Crippen LogP contribution >= 0.6 is 0 Å². The summed E-state index contributed by atoms with van der Waals surface area (Å²) in [5.41, 5.74) is 2.36.